The lowest BCUT2D eigenvalue weighted by Gasteiger charge is -2.36. The van der Waals surface area contributed by atoms with Crippen LogP contribution in [0.4, 0.5) is 0 Å². The zero-order chi connectivity index (χ0) is 15.5. The molecule has 1 aromatic rings. The average Bonchev–Trinajstić information content (AvgIpc) is 2.48. The number of piperazine rings is 1. The Labute approximate surface area is 127 Å². The lowest BCUT2D eigenvalue weighted by molar-refractivity contribution is 0.174. The molecule has 0 bridgehead atoms. The molecule has 0 N–H and O–H groups in total. The first kappa shape index (κ1) is 16.4. The minimum Gasteiger partial charge on any atom is -0.296 e. The van der Waals surface area contributed by atoms with Crippen LogP contribution in [0, 0.1) is 0 Å². The highest BCUT2D eigenvalue weighted by atomic mass is 32.2. The minimum atomic E-state index is -3.33. The van der Waals surface area contributed by atoms with Gasteiger partial charge in [-0.2, -0.15) is 17.0 Å². The van der Waals surface area contributed by atoms with Crippen LogP contribution in [0.3, 0.4) is 0 Å². The second kappa shape index (κ2) is 6.83. The zero-order valence-electron chi connectivity index (χ0n) is 12.9. The van der Waals surface area contributed by atoms with Gasteiger partial charge < -0.3 is 0 Å². The van der Waals surface area contributed by atoms with Gasteiger partial charge in [0.25, 0.3) is 10.2 Å². The van der Waals surface area contributed by atoms with E-state index in [4.69, 9.17) is 0 Å². The number of pyridine rings is 1. The first-order valence-electron chi connectivity index (χ1n) is 7.25. The standard InChI is InChI=1S/C14H24N4O2S/c1-13(2)16(3)21(19,20)18-10-8-17(9-11-18)12-14-4-6-15-7-5-14/h4-7,13H,8-12H2,1-3H3. The molecule has 0 amide bonds. The van der Waals surface area contributed by atoms with E-state index in [1.807, 2.05) is 26.0 Å². The molecular formula is C14H24N4O2S. The quantitative estimate of drug-likeness (QED) is 0.806. The van der Waals surface area contributed by atoms with Crippen molar-refractivity contribution in [3.8, 4) is 0 Å². The predicted octanol–water partition coefficient (Wildman–Crippen LogP) is 0.784. The van der Waals surface area contributed by atoms with Crippen LogP contribution >= 0.6 is 0 Å². The van der Waals surface area contributed by atoms with Gasteiger partial charge in [-0.1, -0.05) is 0 Å². The highest BCUT2D eigenvalue weighted by molar-refractivity contribution is 7.86. The molecule has 2 heterocycles. The first-order valence-corrected chi connectivity index (χ1v) is 8.65. The maximum Gasteiger partial charge on any atom is 0.282 e. The van der Waals surface area contributed by atoms with Gasteiger partial charge in [-0.05, 0) is 31.5 Å². The van der Waals surface area contributed by atoms with Crippen LogP contribution in [-0.4, -0.2) is 66.2 Å². The van der Waals surface area contributed by atoms with Crippen molar-refractivity contribution < 1.29 is 8.42 Å². The van der Waals surface area contributed by atoms with Crippen molar-refractivity contribution >= 4 is 10.2 Å². The maximum atomic E-state index is 12.4. The van der Waals surface area contributed by atoms with Crippen molar-refractivity contribution in [1.29, 1.82) is 0 Å². The Hall–Kier alpha value is -1.02. The molecule has 2 rings (SSSR count). The highest BCUT2D eigenvalue weighted by Gasteiger charge is 2.31. The molecule has 0 radical (unpaired) electrons. The van der Waals surface area contributed by atoms with Gasteiger partial charge in [-0.15, -0.1) is 0 Å². The summed E-state index contributed by atoms with van der Waals surface area (Å²) in [6.45, 7) is 7.22. The second-order valence-corrected chi connectivity index (χ2v) is 7.64. The van der Waals surface area contributed by atoms with Gasteiger partial charge in [0, 0.05) is 58.2 Å². The fourth-order valence-electron chi connectivity index (χ4n) is 2.31. The summed E-state index contributed by atoms with van der Waals surface area (Å²) in [6, 6.07) is 3.97. The number of hydrogen-bond acceptors (Lipinski definition) is 4. The summed E-state index contributed by atoms with van der Waals surface area (Å²) in [5.41, 5.74) is 1.21. The van der Waals surface area contributed by atoms with Gasteiger partial charge in [-0.25, -0.2) is 0 Å². The highest BCUT2D eigenvalue weighted by Crippen LogP contribution is 2.14. The first-order chi connectivity index (χ1) is 9.91. The SMILES string of the molecule is CC(C)N(C)S(=O)(=O)N1CCN(Cc2ccncc2)CC1. The van der Waals surface area contributed by atoms with Crippen LogP contribution in [0.2, 0.25) is 0 Å². The van der Waals surface area contributed by atoms with Crippen LogP contribution < -0.4 is 0 Å². The Balaban J connectivity index is 1.91. The smallest absolute Gasteiger partial charge is 0.282 e. The number of hydrogen-bond donors (Lipinski definition) is 0. The van der Waals surface area contributed by atoms with Gasteiger partial charge >= 0.3 is 0 Å². The van der Waals surface area contributed by atoms with Crippen LogP contribution in [0.1, 0.15) is 19.4 Å². The van der Waals surface area contributed by atoms with Crippen LogP contribution in [-0.2, 0) is 16.8 Å². The van der Waals surface area contributed by atoms with E-state index in [0.717, 1.165) is 19.6 Å². The fraction of sp³-hybridized carbons (Fsp3) is 0.643. The van der Waals surface area contributed by atoms with Crippen molar-refractivity contribution in [2.45, 2.75) is 26.4 Å². The summed E-state index contributed by atoms with van der Waals surface area (Å²) < 4.78 is 27.8. The maximum absolute atomic E-state index is 12.4. The molecule has 0 atom stereocenters. The summed E-state index contributed by atoms with van der Waals surface area (Å²) in [5, 5.41) is 0. The molecule has 0 spiro atoms. The summed E-state index contributed by atoms with van der Waals surface area (Å²) in [6.07, 6.45) is 3.57. The molecule has 0 saturated carbocycles. The fourth-order valence-corrected chi connectivity index (χ4v) is 3.84. The van der Waals surface area contributed by atoms with Crippen LogP contribution in [0.15, 0.2) is 24.5 Å². The van der Waals surface area contributed by atoms with Crippen molar-refractivity contribution in [3.05, 3.63) is 30.1 Å². The molecule has 1 aliphatic rings. The topological polar surface area (TPSA) is 56.8 Å². The normalized spacial score (nSPS) is 18.5. The Morgan fingerprint density at radius 3 is 2.29 bits per heavy atom. The molecule has 6 nitrogen and oxygen atoms in total. The van der Waals surface area contributed by atoms with E-state index in [-0.39, 0.29) is 6.04 Å². The van der Waals surface area contributed by atoms with Crippen LogP contribution in [0.25, 0.3) is 0 Å². The Morgan fingerprint density at radius 1 is 1.19 bits per heavy atom. The van der Waals surface area contributed by atoms with Gasteiger partial charge in [0.05, 0.1) is 0 Å². The van der Waals surface area contributed by atoms with Crippen LogP contribution in [0.5, 0.6) is 0 Å². The molecule has 1 aliphatic heterocycles. The molecule has 0 aliphatic carbocycles. The third-order valence-electron chi connectivity index (χ3n) is 3.90. The molecule has 0 unspecified atom stereocenters. The number of rotatable bonds is 5. The summed E-state index contributed by atoms with van der Waals surface area (Å²) in [5.74, 6) is 0. The summed E-state index contributed by atoms with van der Waals surface area (Å²) in [4.78, 5) is 6.28. The van der Waals surface area contributed by atoms with Gasteiger partial charge in [0.15, 0.2) is 0 Å². The monoisotopic (exact) mass is 312 g/mol. The molecule has 1 aromatic heterocycles. The predicted molar refractivity (Wildman–Crippen MR) is 82.9 cm³/mol. The molecule has 1 fully saturated rings. The molecule has 1 saturated heterocycles. The Morgan fingerprint density at radius 2 is 1.76 bits per heavy atom. The third kappa shape index (κ3) is 4.00. The van der Waals surface area contributed by atoms with E-state index in [0.29, 0.717) is 13.1 Å². The number of aromatic nitrogens is 1. The van der Waals surface area contributed by atoms with Gasteiger partial charge in [0.1, 0.15) is 0 Å². The summed E-state index contributed by atoms with van der Waals surface area (Å²) in [7, 11) is -1.69. The van der Waals surface area contributed by atoms with Gasteiger partial charge in [-0.3, -0.25) is 9.88 Å². The lowest BCUT2D eigenvalue weighted by atomic mass is 10.2. The zero-order valence-corrected chi connectivity index (χ0v) is 13.8. The minimum absolute atomic E-state index is 0.0233. The average molecular weight is 312 g/mol. The largest absolute Gasteiger partial charge is 0.296 e. The molecule has 0 aromatic carbocycles. The number of nitrogens with zero attached hydrogens (tertiary/aromatic N) is 4. The van der Waals surface area contributed by atoms with Gasteiger partial charge in [0.2, 0.25) is 0 Å². The van der Waals surface area contributed by atoms with E-state index in [1.165, 1.54) is 9.87 Å². The molecular weight excluding hydrogens is 288 g/mol. The van der Waals surface area contributed by atoms with E-state index >= 15 is 0 Å². The molecule has 21 heavy (non-hydrogen) atoms. The third-order valence-corrected chi connectivity index (χ3v) is 6.07. The Bertz CT molecular complexity index is 539. The second-order valence-electron chi connectivity index (χ2n) is 5.65. The van der Waals surface area contributed by atoms with E-state index in [1.54, 1.807) is 23.7 Å². The molecule has 7 heteroatoms. The van der Waals surface area contributed by atoms with E-state index < -0.39 is 10.2 Å². The lowest BCUT2D eigenvalue weighted by Crippen LogP contribution is -2.53. The van der Waals surface area contributed by atoms with E-state index in [9.17, 15) is 8.42 Å². The Kier molecular flexibility index (Phi) is 5.32. The van der Waals surface area contributed by atoms with Crippen molar-refractivity contribution in [3.63, 3.8) is 0 Å². The summed E-state index contributed by atoms with van der Waals surface area (Å²) >= 11 is 0. The van der Waals surface area contributed by atoms with E-state index in [2.05, 4.69) is 9.88 Å². The van der Waals surface area contributed by atoms with Crippen molar-refractivity contribution in [1.82, 2.24) is 18.5 Å². The van der Waals surface area contributed by atoms with Crippen molar-refractivity contribution in [2.75, 3.05) is 33.2 Å². The van der Waals surface area contributed by atoms with Crippen molar-refractivity contribution in [2.24, 2.45) is 0 Å². The molecule has 118 valence electrons.